The number of hydrogen-bond donors (Lipinski definition) is 0. The van der Waals surface area contributed by atoms with Crippen LogP contribution >= 0.6 is 0 Å². The van der Waals surface area contributed by atoms with Gasteiger partial charge in [-0.15, -0.1) is 0 Å². The Labute approximate surface area is 97.2 Å². The number of aryl methyl sites for hydroxylation is 2. The summed E-state index contributed by atoms with van der Waals surface area (Å²) in [6, 6.07) is 1.46. The minimum atomic E-state index is -4.39. The van der Waals surface area contributed by atoms with Crippen LogP contribution in [0.3, 0.4) is 0 Å². The Balaban J connectivity index is 2.90. The monoisotopic (exact) mass is 249 g/mol. The molecule has 0 aliphatic rings. The number of rotatable bonds is 3. The fraction of sp³-hybridized carbons (Fsp3) is 0.545. The summed E-state index contributed by atoms with van der Waals surface area (Å²) >= 11 is 0. The fourth-order valence-electron chi connectivity index (χ4n) is 1.56. The van der Waals surface area contributed by atoms with Crippen molar-refractivity contribution in [2.75, 3.05) is 13.1 Å². The van der Waals surface area contributed by atoms with Gasteiger partial charge in [0.2, 0.25) is 0 Å². The second kappa shape index (κ2) is 4.81. The smallest absolute Gasteiger partial charge is 0.406 e. The summed E-state index contributed by atoms with van der Waals surface area (Å²) in [6.07, 6.45) is -4.39. The molecule has 0 spiro atoms. The number of nitrogens with zero attached hydrogens (tertiary/aromatic N) is 1. The third kappa shape index (κ3) is 3.51. The van der Waals surface area contributed by atoms with Crippen molar-refractivity contribution < 1.29 is 22.4 Å². The van der Waals surface area contributed by atoms with Crippen LogP contribution in [-0.4, -0.2) is 30.1 Å². The minimum Gasteiger partial charge on any atom is -0.466 e. The van der Waals surface area contributed by atoms with Crippen molar-refractivity contribution in [2.45, 2.75) is 26.9 Å². The van der Waals surface area contributed by atoms with E-state index in [2.05, 4.69) is 0 Å². The molecule has 1 rings (SSSR count). The Morgan fingerprint density at radius 3 is 2.35 bits per heavy atom. The van der Waals surface area contributed by atoms with E-state index in [1.165, 1.54) is 13.0 Å². The predicted molar refractivity (Wildman–Crippen MR) is 55.8 cm³/mol. The molecule has 17 heavy (non-hydrogen) atoms. The Morgan fingerprint density at radius 1 is 1.41 bits per heavy atom. The second-order valence-corrected chi connectivity index (χ2v) is 3.76. The van der Waals surface area contributed by atoms with Crippen molar-refractivity contribution in [3.05, 3.63) is 23.2 Å². The molecule has 0 radical (unpaired) electrons. The lowest BCUT2D eigenvalue weighted by Crippen LogP contribution is -2.38. The quantitative estimate of drug-likeness (QED) is 0.825. The lowest BCUT2D eigenvalue weighted by atomic mass is 10.2. The molecule has 6 heteroatoms. The average molecular weight is 249 g/mol. The molecule has 1 heterocycles. The highest BCUT2D eigenvalue weighted by Crippen LogP contribution is 2.20. The van der Waals surface area contributed by atoms with Crippen LogP contribution in [0.5, 0.6) is 0 Å². The van der Waals surface area contributed by atoms with Gasteiger partial charge in [-0.2, -0.15) is 13.2 Å². The summed E-state index contributed by atoms with van der Waals surface area (Å²) in [5.41, 5.74) is 0.189. The summed E-state index contributed by atoms with van der Waals surface area (Å²) in [4.78, 5) is 12.6. The number of alkyl halides is 3. The third-order valence-electron chi connectivity index (χ3n) is 2.31. The topological polar surface area (TPSA) is 33.5 Å². The molecule has 0 atom stereocenters. The van der Waals surface area contributed by atoms with Gasteiger partial charge in [0.05, 0.1) is 5.56 Å². The molecule has 1 amide bonds. The number of furan rings is 1. The summed E-state index contributed by atoms with van der Waals surface area (Å²) in [5.74, 6) is 0.196. The van der Waals surface area contributed by atoms with Gasteiger partial charge in [-0.05, 0) is 26.8 Å². The van der Waals surface area contributed by atoms with Gasteiger partial charge in [-0.3, -0.25) is 4.79 Å². The first-order chi connectivity index (χ1) is 7.74. The maximum absolute atomic E-state index is 12.3. The van der Waals surface area contributed by atoms with Gasteiger partial charge in [-0.25, -0.2) is 0 Å². The van der Waals surface area contributed by atoms with Crippen LogP contribution in [0.2, 0.25) is 0 Å². The molecule has 96 valence electrons. The maximum atomic E-state index is 12.3. The molecule has 1 aromatic heterocycles. The Hall–Kier alpha value is -1.46. The van der Waals surface area contributed by atoms with Crippen molar-refractivity contribution >= 4 is 5.91 Å². The second-order valence-electron chi connectivity index (χ2n) is 3.76. The van der Waals surface area contributed by atoms with Crippen molar-refractivity contribution in [3.8, 4) is 0 Å². The lowest BCUT2D eigenvalue weighted by molar-refractivity contribution is -0.140. The van der Waals surface area contributed by atoms with Gasteiger partial charge in [0.25, 0.3) is 5.91 Å². The molecule has 0 unspecified atom stereocenters. The molecular formula is C11H14F3NO2. The van der Waals surface area contributed by atoms with E-state index in [0.717, 1.165) is 4.90 Å². The predicted octanol–water partition coefficient (Wildman–Crippen LogP) is 2.92. The Bertz CT molecular complexity index is 409. The van der Waals surface area contributed by atoms with E-state index < -0.39 is 18.6 Å². The molecule has 0 saturated carbocycles. The first-order valence-corrected chi connectivity index (χ1v) is 5.17. The van der Waals surface area contributed by atoms with Gasteiger partial charge >= 0.3 is 6.18 Å². The van der Waals surface area contributed by atoms with Gasteiger partial charge < -0.3 is 9.32 Å². The standard InChI is InChI=1S/C11H14F3NO2/c1-4-15(6-11(12,13)14)10(16)9-5-7(2)17-8(9)3/h5H,4,6H2,1-3H3. The van der Waals surface area contributed by atoms with Crippen LogP contribution in [0.25, 0.3) is 0 Å². The number of carbonyl (C=O) groups excluding carboxylic acids is 1. The highest BCUT2D eigenvalue weighted by atomic mass is 19.4. The molecule has 0 aliphatic heterocycles. The van der Waals surface area contributed by atoms with Crippen LogP contribution in [-0.2, 0) is 0 Å². The summed E-state index contributed by atoms with van der Waals surface area (Å²) < 4.78 is 41.9. The summed E-state index contributed by atoms with van der Waals surface area (Å²) in [6.45, 7) is 3.46. The molecule has 1 aromatic rings. The largest absolute Gasteiger partial charge is 0.466 e. The number of carbonyl (C=O) groups is 1. The highest BCUT2D eigenvalue weighted by Gasteiger charge is 2.33. The van der Waals surface area contributed by atoms with Crippen LogP contribution in [0.1, 0.15) is 28.8 Å². The molecule has 0 saturated heterocycles. The highest BCUT2D eigenvalue weighted by molar-refractivity contribution is 5.95. The number of halogens is 3. The van der Waals surface area contributed by atoms with Crippen LogP contribution in [0.15, 0.2) is 10.5 Å². The van der Waals surface area contributed by atoms with Crippen molar-refractivity contribution in [3.63, 3.8) is 0 Å². The SMILES string of the molecule is CCN(CC(F)(F)F)C(=O)c1cc(C)oc1C. The molecular weight excluding hydrogens is 235 g/mol. The molecule has 0 aliphatic carbocycles. The van der Waals surface area contributed by atoms with Gasteiger partial charge in [0.15, 0.2) is 0 Å². The van der Waals surface area contributed by atoms with Crippen molar-refractivity contribution in [2.24, 2.45) is 0 Å². The molecule has 0 fully saturated rings. The molecule has 3 nitrogen and oxygen atoms in total. The van der Waals surface area contributed by atoms with Crippen LogP contribution < -0.4 is 0 Å². The van der Waals surface area contributed by atoms with E-state index in [-0.39, 0.29) is 12.1 Å². The molecule has 0 bridgehead atoms. The summed E-state index contributed by atoms with van der Waals surface area (Å²) in [5, 5.41) is 0. The van der Waals surface area contributed by atoms with E-state index in [9.17, 15) is 18.0 Å². The Morgan fingerprint density at radius 2 is 2.00 bits per heavy atom. The van der Waals surface area contributed by atoms with E-state index in [1.54, 1.807) is 13.8 Å². The zero-order valence-corrected chi connectivity index (χ0v) is 9.89. The van der Waals surface area contributed by atoms with Gasteiger partial charge in [0.1, 0.15) is 18.1 Å². The first kappa shape index (κ1) is 13.6. The van der Waals surface area contributed by atoms with Gasteiger partial charge in [0, 0.05) is 6.54 Å². The number of amides is 1. The first-order valence-electron chi connectivity index (χ1n) is 5.17. The number of hydrogen-bond acceptors (Lipinski definition) is 2. The molecule has 0 aromatic carbocycles. The molecule has 0 N–H and O–H groups in total. The normalized spacial score (nSPS) is 11.6. The van der Waals surface area contributed by atoms with E-state index in [4.69, 9.17) is 4.42 Å². The van der Waals surface area contributed by atoms with Crippen molar-refractivity contribution in [1.82, 2.24) is 4.90 Å². The maximum Gasteiger partial charge on any atom is 0.406 e. The zero-order valence-electron chi connectivity index (χ0n) is 9.89. The average Bonchev–Trinajstić information content (AvgIpc) is 2.52. The van der Waals surface area contributed by atoms with Crippen LogP contribution in [0, 0.1) is 13.8 Å². The third-order valence-corrected chi connectivity index (χ3v) is 2.31. The summed E-state index contributed by atoms with van der Waals surface area (Å²) in [7, 11) is 0. The van der Waals surface area contributed by atoms with E-state index in [0.29, 0.717) is 11.5 Å². The van der Waals surface area contributed by atoms with Gasteiger partial charge in [-0.1, -0.05) is 0 Å². The van der Waals surface area contributed by atoms with E-state index >= 15 is 0 Å². The lowest BCUT2D eigenvalue weighted by Gasteiger charge is -2.21. The van der Waals surface area contributed by atoms with E-state index in [1.807, 2.05) is 0 Å². The van der Waals surface area contributed by atoms with Crippen LogP contribution in [0.4, 0.5) is 13.2 Å². The zero-order chi connectivity index (χ0) is 13.2. The minimum absolute atomic E-state index is 0.00199. The fourth-order valence-corrected chi connectivity index (χ4v) is 1.56. The Kier molecular flexibility index (Phi) is 3.85. The van der Waals surface area contributed by atoms with Crippen molar-refractivity contribution in [1.29, 1.82) is 0 Å².